The topological polar surface area (TPSA) is 105 Å². The van der Waals surface area contributed by atoms with E-state index in [4.69, 9.17) is 20.9 Å². The van der Waals surface area contributed by atoms with Gasteiger partial charge in [0, 0.05) is 16.9 Å². The summed E-state index contributed by atoms with van der Waals surface area (Å²) in [5, 5.41) is 0. The molecule has 0 aliphatic carbocycles. The first-order chi connectivity index (χ1) is 10.9. The molecular weight excluding hydrogens is 296 g/mol. The summed E-state index contributed by atoms with van der Waals surface area (Å²) in [5.74, 6) is -0.830. The summed E-state index contributed by atoms with van der Waals surface area (Å²) < 4.78 is 10.1. The summed E-state index contributed by atoms with van der Waals surface area (Å²) in [6.07, 6.45) is 3.28. The molecule has 1 aromatic rings. The van der Waals surface area contributed by atoms with Crippen LogP contribution in [0.3, 0.4) is 0 Å². The van der Waals surface area contributed by atoms with Crippen molar-refractivity contribution in [3.8, 4) is 0 Å². The SMILES string of the molecule is C=C(C)C(=O)OCCCCCCOC(=O)c1cc(N)ccc1N. The van der Waals surface area contributed by atoms with Crippen LogP contribution in [0.2, 0.25) is 0 Å². The monoisotopic (exact) mass is 320 g/mol. The van der Waals surface area contributed by atoms with E-state index in [1.807, 2.05) is 0 Å². The van der Waals surface area contributed by atoms with Gasteiger partial charge < -0.3 is 20.9 Å². The lowest BCUT2D eigenvalue weighted by Crippen LogP contribution is -2.10. The van der Waals surface area contributed by atoms with E-state index < -0.39 is 5.97 Å². The molecule has 0 aliphatic heterocycles. The summed E-state index contributed by atoms with van der Waals surface area (Å²) >= 11 is 0. The number of ether oxygens (including phenoxy) is 2. The molecule has 1 rings (SSSR count). The van der Waals surface area contributed by atoms with Gasteiger partial charge in [-0.25, -0.2) is 9.59 Å². The Morgan fingerprint density at radius 2 is 1.65 bits per heavy atom. The lowest BCUT2D eigenvalue weighted by Gasteiger charge is -2.08. The molecule has 0 bridgehead atoms. The molecule has 0 spiro atoms. The van der Waals surface area contributed by atoms with Gasteiger partial charge in [0.05, 0.1) is 18.8 Å². The van der Waals surface area contributed by atoms with E-state index in [1.165, 1.54) is 6.07 Å². The van der Waals surface area contributed by atoms with Gasteiger partial charge in [0.15, 0.2) is 0 Å². The molecule has 4 N–H and O–H groups in total. The van der Waals surface area contributed by atoms with E-state index >= 15 is 0 Å². The third-order valence-corrected chi connectivity index (χ3v) is 3.15. The first kappa shape index (κ1) is 18.5. The largest absolute Gasteiger partial charge is 0.462 e. The van der Waals surface area contributed by atoms with Crippen molar-refractivity contribution in [1.29, 1.82) is 0 Å². The average Bonchev–Trinajstić information content (AvgIpc) is 2.51. The molecule has 0 fully saturated rings. The summed E-state index contributed by atoms with van der Waals surface area (Å²) in [5.41, 5.74) is 12.8. The number of hydrogen-bond acceptors (Lipinski definition) is 6. The Morgan fingerprint density at radius 1 is 1.04 bits per heavy atom. The summed E-state index contributed by atoms with van der Waals surface area (Å²) in [6, 6.07) is 4.72. The van der Waals surface area contributed by atoms with Crippen molar-refractivity contribution < 1.29 is 19.1 Å². The van der Waals surface area contributed by atoms with Crippen molar-refractivity contribution in [3.05, 3.63) is 35.9 Å². The number of carbonyl (C=O) groups is 2. The van der Waals surface area contributed by atoms with Crippen molar-refractivity contribution >= 4 is 23.3 Å². The molecule has 23 heavy (non-hydrogen) atoms. The van der Waals surface area contributed by atoms with Gasteiger partial charge in [-0.2, -0.15) is 0 Å². The van der Waals surface area contributed by atoms with Gasteiger partial charge in [-0.15, -0.1) is 0 Å². The quantitative estimate of drug-likeness (QED) is 0.314. The highest BCUT2D eigenvalue weighted by Gasteiger charge is 2.11. The molecule has 126 valence electrons. The molecule has 0 atom stereocenters. The summed E-state index contributed by atoms with van der Waals surface area (Å²) in [7, 11) is 0. The fourth-order valence-electron chi connectivity index (χ4n) is 1.84. The zero-order valence-electron chi connectivity index (χ0n) is 13.5. The number of esters is 2. The van der Waals surface area contributed by atoms with Crippen LogP contribution in [0.1, 0.15) is 43.0 Å². The van der Waals surface area contributed by atoms with Crippen LogP contribution in [-0.2, 0) is 14.3 Å². The standard InChI is InChI=1S/C17H24N2O4/c1-12(2)16(20)22-9-5-3-4-6-10-23-17(21)14-11-13(18)7-8-15(14)19/h7-8,11H,1,3-6,9-10,18-19H2,2H3. The Morgan fingerprint density at radius 3 is 2.26 bits per heavy atom. The number of rotatable bonds is 9. The minimum Gasteiger partial charge on any atom is -0.462 e. The van der Waals surface area contributed by atoms with Gasteiger partial charge in [0.1, 0.15) is 0 Å². The Labute approximate surface area is 136 Å². The van der Waals surface area contributed by atoms with E-state index in [0.29, 0.717) is 30.2 Å². The highest BCUT2D eigenvalue weighted by molar-refractivity contribution is 5.96. The van der Waals surface area contributed by atoms with Crippen molar-refractivity contribution in [2.24, 2.45) is 0 Å². The van der Waals surface area contributed by atoms with Crippen LogP contribution < -0.4 is 11.5 Å². The maximum Gasteiger partial charge on any atom is 0.340 e. The molecule has 0 radical (unpaired) electrons. The van der Waals surface area contributed by atoms with Crippen molar-refractivity contribution in [2.45, 2.75) is 32.6 Å². The summed E-state index contributed by atoms with van der Waals surface area (Å²) in [4.78, 5) is 23.0. The van der Waals surface area contributed by atoms with E-state index in [1.54, 1.807) is 19.1 Å². The van der Waals surface area contributed by atoms with Crippen LogP contribution in [0.15, 0.2) is 30.4 Å². The van der Waals surface area contributed by atoms with E-state index in [2.05, 4.69) is 6.58 Å². The van der Waals surface area contributed by atoms with Crippen LogP contribution in [0.25, 0.3) is 0 Å². The van der Waals surface area contributed by atoms with Crippen LogP contribution in [0, 0.1) is 0 Å². The second kappa shape index (κ2) is 9.50. The van der Waals surface area contributed by atoms with Gasteiger partial charge >= 0.3 is 11.9 Å². The lowest BCUT2D eigenvalue weighted by molar-refractivity contribution is -0.139. The molecule has 0 amide bonds. The molecular formula is C17H24N2O4. The molecule has 6 heteroatoms. The predicted molar refractivity (Wildman–Crippen MR) is 89.8 cm³/mol. The Balaban J connectivity index is 2.13. The van der Waals surface area contributed by atoms with Crippen molar-refractivity contribution in [2.75, 3.05) is 24.7 Å². The number of carbonyl (C=O) groups excluding carboxylic acids is 2. The number of unbranched alkanes of at least 4 members (excludes halogenated alkanes) is 3. The third kappa shape index (κ3) is 6.86. The third-order valence-electron chi connectivity index (χ3n) is 3.15. The van der Waals surface area contributed by atoms with Gasteiger partial charge in [0.25, 0.3) is 0 Å². The minimum absolute atomic E-state index is 0.289. The molecule has 0 aliphatic rings. The lowest BCUT2D eigenvalue weighted by atomic mass is 10.1. The molecule has 1 aromatic carbocycles. The Bertz CT molecular complexity index is 570. The maximum atomic E-state index is 11.9. The first-order valence-electron chi connectivity index (χ1n) is 7.56. The zero-order chi connectivity index (χ0) is 17.2. The number of nitrogens with two attached hydrogens (primary N) is 2. The molecule has 0 saturated carbocycles. The Kier molecular flexibility index (Phi) is 7.66. The fraction of sp³-hybridized carbons (Fsp3) is 0.412. The van der Waals surface area contributed by atoms with Gasteiger partial charge in [0.2, 0.25) is 0 Å². The number of anilines is 2. The van der Waals surface area contributed by atoms with Crippen molar-refractivity contribution in [3.63, 3.8) is 0 Å². The molecule has 0 saturated heterocycles. The van der Waals surface area contributed by atoms with Crippen LogP contribution >= 0.6 is 0 Å². The van der Waals surface area contributed by atoms with E-state index in [0.717, 1.165) is 25.7 Å². The summed E-state index contributed by atoms with van der Waals surface area (Å²) in [6.45, 7) is 5.82. The van der Waals surface area contributed by atoms with E-state index in [-0.39, 0.29) is 11.5 Å². The highest BCUT2D eigenvalue weighted by atomic mass is 16.5. The van der Waals surface area contributed by atoms with Crippen LogP contribution in [-0.4, -0.2) is 25.2 Å². The molecule has 0 aromatic heterocycles. The zero-order valence-corrected chi connectivity index (χ0v) is 13.5. The second-order valence-electron chi connectivity index (χ2n) is 5.31. The Hall–Kier alpha value is -2.50. The molecule has 6 nitrogen and oxygen atoms in total. The minimum atomic E-state index is -0.467. The first-order valence-corrected chi connectivity index (χ1v) is 7.56. The normalized spacial score (nSPS) is 10.1. The van der Waals surface area contributed by atoms with Gasteiger partial charge in [-0.05, 0) is 50.8 Å². The van der Waals surface area contributed by atoms with E-state index in [9.17, 15) is 9.59 Å². The average molecular weight is 320 g/mol. The molecule has 0 heterocycles. The van der Waals surface area contributed by atoms with Gasteiger partial charge in [-0.3, -0.25) is 0 Å². The highest BCUT2D eigenvalue weighted by Crippen LogP contribution is 2.16. The molecule has 0 unspecified atom stereocenters. The predicted octanol–water partition coefficient (Wildman–Crippen LogP) is 2.69. The second-order valence-corrected chi connectivity index (χ2v) is 5.31. The maximum absolute atomic E-state index is 11.9. The number of nitrogen functional groups attached to an aromatic ring is 2. The smallest absolute Gasteiger partial charge is 0.340 e. The fourth-order valence-corrected chi connectivity index (χ4v) is 1.84. The van der Waals surface area contributed by atoms with Crippen molar-refractivity contribution in [1.82, 2.24) is 0 Å². The van der Waals surface area contributed by atoms with Crippen LogP contribution in [0.4, 0.5) is 11.4 Å². The van der Waals surface area contributed by atoms with Gasteiger partial charge in [-0.1, -0.05) is 6.58 Å². The van der Waals surface area contributed by atoms with Crippen LogP contribution in [0.5, 0.6) is 0 Å². The number of benzene rings is 1. The number of hydrogen-bond donors (Lipinski definition) is 2.